The lowest BCUT2D eigenvalue weighted by atomic mass is 9.95. The van der Waals surface area contributed by atoms with E-state index in [0.29, 0.717) is 18.6 Å². The predicted octanol–water partition coefficient (Wildman–Crippen LogP) is 1.40. The number of hydrogen-bond acceptors (Lipinski definition) is 4. The van der Waals surface area contributed by atoms with E-state index in [9.17, 15) is 14.4 Å². The van der Waals surface area contributed by atoms with Crippen LogP contribution in [0, 0.1) is 11.8 Å². The second-order valence-corrected chi connectivity index (χ2v) is 6.74. The number of nitrogens with one attached hydrogen (secondary N) is 3. The highest BCUT2D eigenvalue weighted by Crippen LogP contribution is 2.15. The molecule has 3 amide bonds. The molecule has 0 fully saturated rings. The molecule has 1 aromatic rings. The van der Waals surface area contributed by atoms with E-state index >= 15 is 0 Å². The summed E-state index contributed by atoms with van der Waals surface area (Å²) in [6, 6.07) is 6.49. The summed E-state index contributed by atoms with van der Waals surface area (Å²) < 4.78 is 5.12. The lowest BCUT2D eigenvalue weighted by Gasteiger charge is -2.23. The minimum absolute atomic E-state index is 0.00233. The molecule has 1 aromatic carbocycles. The number of carbonyl (C=O) groups is 3. The van der Waals surface area contributed by atoms with Gasteiger partial charge in [0.25, 0.3) is 0 Å². The molecule has 0 heterocycles. The Labute approximate surface area is 159 Å². The van der Waals surface area contributed by atoms with Crippen molar-refractivity contribution in [1.29, 1.82) is 0 Å². The molecule has 8 nitrogen and oxygen atoms in total. The summed E-state index contributed by atoms with van der Waals surface area (Å²) in [7, 11) is 3.08. The van der Waals surface area contributed by atoms with E-state index in [4.69, 9.17) is 9.84 Å². The van der Waals surface area contributed by atoms with Crippen molar-refractivity contribution < 1.29 is 24.2 Å². The van der Waals surface area contributed by atoms with Gasteiger partial charge in [-0.2, -0.15) is 0 Å². The number of hydrogen-bond donors (Lipinski definition) is 4. The van der Waals surface area contributed by atoms with Gasteiger partial charge in [0, 0.05) is 20.0 Å². The van der Waals surface area contributed by atoms with Crippen molar-refractivity contribution in [3.63, 3.8) is 0 Å². The quantitative estimate of drug-likeness (QED) is 0.490. The van der Waals surface area contributed by atoms with Crippen molar-refractivity contribution in [3.8, 4) is 5.75 Å². The monoisotopic (exact) mass is 379 g/mol. The molecule has 0 aliphatic carbocycles. The average molecular weight is 379 g/mol. The summed E-state index contributed by atoms with van der Waals surface area (Å²) in [6.07, 6.45) is -0.358. The molecule has 0 aliphatic rings. The van der Waals surface area contributed by atoms with Gasteiger partial charge in [-0.05, 0) is 30.0 Å². The topological polar surface area (TPSA) is 117 Å². The number of methoxy groups -OCH3 is 1. The van der Waals surface area contributed by atoms with Crippen LogP contribution in [0.5, 0.6) is 5.75 Å². The first kappa shape index (κ1) is 22.3. The van der Waals surface area contributed by atoms with Gasteiger partial charge < -0.3 is 25.8 Å². The third kappa shape index (κ3) is 7.98. The number of rotatable bonds is 10. The van der Waals surface area contributed by atoms with Gasteiger partial charge in [0.1, 0.15) is 11.8 Å². The third-order valence-electron chi connectivity index (χ3n) is 4.10. The summed E-state index contributed by atoms with van der Waals surface area (Å²) in [4.78, 5) is 35.7. The fraction of sp³-hybridized carbons (Fsp3) is 0.526. The van der Waals surface area contributed by atoms with E-state index in [2.05, 4.69) is 16.0 Å². The second kappa shape index (κ2) is 11.1. The summed E-state index contributed by atoms with van der Waals surface area (Å²) in [5.74, 6) is -0.301. The minimum atomic E-state index is -1.18. The third-order valence-corrected chi connectivity index (χ3v) is 4.10. The zero-order chi connectivity index (χ0) is 20.4. The molecule has 1 rings (SSSR count). The first-order valence-electron chi connectivity index (χ1n) is 8.88. The van der Waals surface area contributed by atoms with Gasteiger partial charge >= 0.3 is 6.09 Å². The Morgan fingerprint density at radius 1 is 1.11 bits per heavy atom. The van der Waals surface area contributed by atoms with Crippen molar-refractivity contribution in [2.75, 3.05) is 20.7 Å². The van der Waals surface area contributed by atoms with E-state index in [-0.39, 0.29) is 24.3 Å². The Balaban J connectivity index is 2.86. The second-order valence-electron chi connectivity index (χ2n) is 6.74. The summed E-state index contributed by atoms with van der Waals surface area (Å²) in [5, 5.41) is 16.4. The van der Waals surface area contributed by atoms with Crippen LogP contribution >= 0.6 is 0 Å². The van der Waals surface area contributed by atoms with Crippen molar-refractivity contribution >= 4 is 17.9 Å². The average Bonchev–Trinajstić information content (AvgIpc) is 2.63. The Morgan fingerprint density at radius 3 is 2.22 bits per heavy atom. The molecule has 27 heavy (non-hydrogen) atoms. The van der Waals surface area contributed by atoms with Crippen LogP contribution in [-0.2, 0) is 16.0 Å². The Morgan fingerprint density at radius 2 is 1.74 bits per heavy atom. The highest BCUT2D eigenvalue weighted by atomic mass is 16.5. The van der Waals surface area contributed by atoms with Crippen LogP contribution in [-0.4, -0.2) is 49.8 Å². The fourth-order valence-corrected chi connectivity index (χ4v) is 2.73. The van der Waals surface area contributed by atoms with Crippen LogP contribution in [0.1, 0.15) is 25.8 Å². The van der Waals surface area contributed by atoms with Crippen LogP contribution in [0.4, 0.5) is 4.79 Å². The Kier molecular flexibility index (Phi) is 9.12. The number of carboxylic acid groups (broad SMARTS) is 1. The van der Waals surface area contributed by atoms with E-state index in [1.165, 1.54) is 7.05 Å². The van der Waals surface area contributed by atoms with Crippen molar-refractivity contribution in [2.45, 2.75) is 32.7 Å². The standard InChI is InChI=1S/C19H29N3O5/c1-12(2)9-14(11-21-19(25)26)17(23)22-16(18(24)20-3)10-13-5-7-15(27-4)8-6-13/h5-8,12,14,16,21H,9-11H2,1-4H3,(H,20,24)(H,22,23)(H,25,26)/t14?,16-/m0/s1. The molecule has 4 N–H and O–H groups in total. The van der Waals surface area contributed by atoms with Gasteiger partial charge in [-0.15, -0.1) is 0 Å². The van der Waals surface area contributed by atoms with Crippen LogP contribution in [0.2, 0.25) is 0 Å². The highest BCUT2D eigenvalue weighted by Gasteiger charge is 2.26. The van der Waals surface area contributed by atoms with Crippen molar-refractivity contribution in [1.82, 2.24) is 16.0 Å². The molecule has 0 radical (unpaired) electrons. The normalized spacial score (nSPS) is 12.8. The Bertz CT molecular complexity index is 631. The molecule has 0 aliphatic heterocycles. The largest absolute Gasteiger partial charge is 0.497 e. The number of amides is 3. The Hall–Kier alpha value is -2.77. The molecule has 1 unspecified atom stereocenters. The summed E-state index contributed by atoms with van der Waals surface area (Å²) in [5.41, 5.74) is 0.869. The number of ether oxygens (including phenoxy) is 1. The lowest BCUT2D eigenvalue weighted by molar-refractivity contribution is -0.131. The SMILES string of the molecule is CNC(=O)[C@H](Cc1ccc(OC)cc1)NC(=O)C(CNC(=O)O)CC(C)C. The molecule has 0 bridgehead atoms. The molecule has 0 saturated heterocycles. The first-order chi connectivity index (χ1) is 12.8. The molecule has 0 aromatic heterocycles. The first-order valence-corrected chi connectivity index (χ1v) is 8.88. The van der Waals surface area contributed by atoms with Gasteiger partial charge in [0.2, 0.25) is 11.8 Å². The zero-order valence-electron chi connectivity index (χ0n) is 16.2. The molecule has 0 spiro atoms. The zero-order valence-corrected chi connectivity index (χ0v) is 16.2. The number of carbonyl (C=O) groups excluding carboxylic acids is 2. The molecular weight excluding hydrogens is 350 g/mol. The predicted molar refractivity (Wildman–Crippen MR) is 102 cm³/mol. The molecule has 8 heteroatoms. The van der Waals surface area contributed by atoms with E-state index in [1.54, 1.807) is 19.2 Å². The molecule has 0 saturated carbocycles. The number of benzene rings is 1. The van der Waals surface area contributed by atoms with Crippen LogP contribution in [0.25, 0.3) is 0 Å². The van der Waals surface area contributed by atoms with Crippen LogP contribution in [0.15, 0.2) is 24.3 Å². The molecule has 2 atom stereocenters. The summed E-state index contributed by atoms with van der Waals surface area (Å²) in [6.45, 7) is 3.91. The van der Waals surface area contributed by atoms with Crippen molar-refractivity contribution in [3.05, 3.63) is 29.8 Å². The highest BCUT2D eigenvalue weighted by molar-refractivity contribution is 5.88. The van der Waals surface area contributed by atoms with Gasteiger partial charge in [-0.3, -0.25) is 9.59 Å². The van der Waals surface area contributed by atoms with E-state index in [1.807, 2.05) is 26.0 Å². The van der Waals surface area contributed by atoms with Crippen molar-refractivity contribution in [2.24, 2.45) is 11.8 Å². The maximum absolute atomic E-state index is 12.7. The van der Waals surface area contributed by atoms with E-state index < -0.39 is 18.1 Å². The maximum atomic E-state index is 12.7. The summed E-state index contributed by atoms with van der Waals surface area (Å²) >= 11 is 0. The van der Waals surface area contributed by atoms with Crippen LogP contribution < -0.4 is 20.7 Å². The van der Waals surface area contributed by atoms with Gasteiger partial charge in [-0.25, -0.2) is 4.79 Å². The minimum Gasteiger partial charge on any atom is -0.497 e. The van der Waals surface area contributed by atoms with Gasteiger partial charge in [-0.1, -0.05) is 26.0 Å². The van der Waals surface area contributed by atoms with Gasteiger partial charge in [0.05, 0.1) is 13.0 Å². The molecular formula is C19H29N3O5. The fourth-order valence-electron chi connectivity index (χ4n) is 2.73. The smallest absolute Gasteiger partial charge is 0.404 e. The van der Waals surface area contributed by atoms with E-state index in [0.717, 1.165) is 5.56 Å². The van der Waals surface area contributed by atoms with Gasteiger partial charge in [0.15, 0.2) is 0 Å². The maximum Gasteiger partial charge on any atom is 0.404 e. The lowest BCUT2D eigenvalue weighted by Crippen LogP contribution is -2.50. The molecule has 150 valence electrons. The van der Waals surface area contributed by atoms with Crippen LogP contribution in [0.3, 0.4) is 0 Å². The number of likely N-dealkylation sites (N-methyl/N-ethyl adjacent to an activating group) is 1.